The van der Waals surface area contributed by atoms with Gasteiger partial charge in [0.1, 0.15) is 9.75 Å². The highest BCUT2D eigenvalue weighted by Crippen LogP contribution is 2.58. The van der Waals surface area contributed by atoms with Crippen LogP contribution in [0.25, 0.3) is 10.4 Å². The van der Waals surface area contributed by atoms with Crippen molar-refractivity contribution in [2.45, 2.75) is 28.5 Å². The summed E-state index contributed by atoms with van der Waals surface area (Å²) in [5, 5.41) is 13.4. The lowest BCUT2D eigenvalue weighted by Crippen LogP contribution is -2.51. The van der Waals surface area contributed by atoms with E-state index in [4.69, 9.17) is 11.6 Å². The average Bonchev–Trinajstić information content (AvgIpc) is 3.15. The predicted octanol–water partition coefficient (Wildman–Crippen LogP) is 3.65. The van der Waals surface area contributed by atoms with E-state index in [9.17, 15) is 23.1 Å². The molecular formula is C23H21ClN2O5S2. The fourth-order valence-corrected chi connectivity index (χ4v) is 6.94. The van der Waals surface area contributed by atoms with E-state index in [1.807, 2.05) is 0 Å². The maximum atomic E-state index is 13.3. The molecular weight excluding hydrogens is 484 g/mol. The molecule has 1 saturated carbocycles. The van der Waals surface area contributed by atoms with E-state index in [-0.39, 0.29) is 23.1 Å². The summed E-state index contributed by atoms with van der Waals surface area (Å²) < 4.78 is 29.0. The number of carbonyl (C=O) groups excluding carboxylic acids is 1. The third-order valence-corrected chi connectivity index (χ3v) is 9.25. The van der Waals surface area contributed by atoms with Crippen LogP contribution in [0.4, 0.5) is 0 Å². The number of carboxylic acids is 1. The number of carboxylic acid groups (broad SMARTS) is 1. The molecule has 2 aromatic carbocycles. The van der Waals surface area contributed by atoms with Crippen LogP contribution in [-0.4, -0.2) is 37.5 Å². The summed E-state index contributed by atoms with van der Waals surface area (Å²) in [7, 11) is -4.16. The van der Waals surface area contributed by atoms with Crippen molar-refractivity contribution >= 4 is 44.8 Å². The molecule has 1 amide bonds. The van der Waals surface area contributed by atoms with Gasteiger partial charge in [0.2, 0.25) is 5.91 Å². The Kier molecular flexibility index (Phi) is 6.09. The summed E-state index contributed by atoms with van der Waals surface area (Å²) in [6.45, 7) is 1.32. The molecule has 1 aliphatic rings. The van der Waals surface area contributed by atoms with Gasteiger partial charge in [-0.15, -0.1) is 11.3 Å². The van der Waals surface area contributed by atoms with Crippen molar-refractivity contribution in [2.24, 2.45) is 0 Å². The Morgan fingerprint density at radius 3 is 2.33 bits per heavy atom. The summed E-state index contributed by atoms with van der Waals surface area (Å²) in [6, 6.07) is 18.9. The normalized spacial score (nSPS) is 22.0. The molecule has 10 heteroatoms. The standard InChI is InChI=1S/C23H21ClN2O5S2/c1-15(27)25-14-22(17-5-3-2-4-6-17)13-23(22,21(28)29)26-33(30,31)20-12-11-19(32-20)16-7-9-18(24)10-8-16/h2-12,26H,13-14H2,1H3,(H,25,27)(H,28,29)/t22-,23?/m1/s1. The minimum atomic E-state index is -4.16. The van der Waals surface area contributed by atoms with Crippen molar-refractivity contribution in [1.82, 2.24) is 10.0 Å². The highest BCUT2D eigenvalue weighted by molar-refractivity contribution is 7.91. The van der Waals surface area contributed by atoms with Crippen molar-refractivity contribution < 1.29 is 23.1 Å². The SMILES string of the molecule is CC(=O)NC[C@@]1(c2ccccc2)CC1(NS(=O)(=O)c1ccc(-c2ccc(Cl)cc2)s1)C(=O)O. The van der Waals surface area contributed by atoms with Crippen molar-refractivity contribution in [2.75, 3.05) is 6.54 Å². The number of thiophene rings is 1. The number of carbonyl (C=O) groups is 2. The Hall–Kier alpha value is -2.72. The van der Waals surface area contributed by atoms with Crippen LogP contribution in [0.3, 0.4) is 0 Å². The summed E-state index contributed by atoms with van der Waals surface area (Å²) in [5.41, 5.74) is -1.47. The van der Waals surface area contributed by atoms with Gasteiger partial charge in [-0.2, -0.15) is 4.72 Å². The molecule has 3 aromatic rings. The van der Waals surface area contributed by atoms with E-state index in [1.165, 1.54) is 13.0 Å². The molecule has 7 nitrogen and oxygen atoms in total. The molecule has 33 heavy (non-hydrogen) atoms. The Labute approximate surface area is 200 Å². The van der Waals surface area contributed by atoms with Crippen molar-refractivity contribution in [3.05, 3.63) is 77.3 Å². The molecule has 1 unspecified atom stereocenters. The lowest BCUT2D eigenvalue weighted by Gasteiger charge is -2.24. The first kappa shape index (κ1) is 23.4. The monoisotopic (exact) mass is 504 g/mol. The van der Waals surface area contributed by atoms with E-state index >= 15 is 0 Å². The van der Waals surface area contributed by atoms with E-state index in [0.717, 1.165) is 16.9 Å². The minimum Gasteiger partial charge on any atom is -0.480 e. The number of sulfonamides is 1. The molecule has 2 atom stereocenters. The number of rotatable bonds is 8. The van der Waals surface area contributed by atoms with Crippen molar-refractivity contribution in [3.8, 4) is 10.4 Å². The zero-order chi connectivity index (χ0) is 23.9. The topological polar surface area (TPSA) is 113 Å². The fraction of sp³-hybridized carbons (Fsp3) is 0.217. The fourth-order valence-electron chi connectivity index (χ4n) is 4.08. The molecule has 0 radical (unpaired) electrons. The van der Waals surface area contributed by atoms with Crippen LogP contribution < -0.4 is 10.0 Å². The van der Waals surface area contributed by atoms with Gasteiger partial charge < -0.3 is 10.4 Å². The third-order valence-electron chi connectivity index (χ3n) is 5.87. The number of amides is 1. The van der Waals surface area contributed by atoms with E-state index in [2.05, 4.69) is 10.0 Å². The second-order valence-electron chi connectivity index (χ2n) is 7.98. The molecule has 3 N–H and O–H groups in total. The van der Waals surface area contributed by atoms with Gasteiger partial charge >= 0.3 is 5.97 Å². The first-order chi connectivity index (χ1) is 15.6. The van der Waals surface area contributed by atoms with Gasteiger partial charge in [0.25, 0.3) is 10.0 Å². The lowest BCUT2D eigenvalue weighted by atomic mass is 9.90. The largest absolute Gasteiger partial charge is 0.480 e. The molecule has 1 fully saturated rings. The van der Waals surface area contributed by atoms with Gasteiger partial charge in [0.15, 0.2) is 0 Å². The van der Waals surface area contributed by atoms with Crippen molar-refractivity contribution in [3.63, 3.8) is 0 Å². The molecule has 0 bridgehead atoms. The second kappa shape index (κ2) is 8.57. The lowest BCUT2D eigenvalue weighted by molar-refractivity contribution is -0.141. The second-order valence-corrected chi connectivity index (χ2v) is 11.4. The number of hydrogen-bond acceptors (Lipinski definition) is 5. The van der Waals surface area contributed by atoms with Gasteiger partial charge in [-0.3, -0.25) is 9.59 Å². The molecule has 1 heterocycles. The van der Waals surface area contributed by atoms with Crippen LogP contribution in [0.15, 0.2) is 70.9 Å². The van der Waals surface area contributed by atoms with E-state index in [1.54, 1.807) is 60.7 Å². The van der Waals surface area contributed by atoms with Gasteiger partial charge in [0.05, 0.1) is 0 Å². The Bertz CT molecular complexity index is 1310. The van der Waals surface area contributed by atoms with Gasteiger partial charge in [-0.25, -0.2) is 8.42 Å². The summed E-state index contributed by atoms with van der Waals surface area (Å²) in [4.78, 5) is 24.7. The Morgan fingerprint density at radius 1 is 1.06 bits per heavy atom. The van der Waals surface area contributed by atoms with E-state index < -0.39 is 26.9 Å². The highest BCUT2D eigenvalue weighted by atomic mass is 35.5. The number of halogens is 1. The number of hydrogen-bond donors (Lipinski definition) is 3. The van der Waals surface area contributed by atoms with Gasteiger partial charge in [-0.1, -0.05) is 54.1 Å². The van der Waals surface area contributed by atoms with Crippen LogP contribution in [0.5, 0.6) is 0 Å². The predicted molar refractivity (Wildman–Crippen MR) is 127 cm³/mol. The average molecular weight is 505 g/mol. The first-order valence-electron chi connectivity index (χ1n) is 10.0. The molecule has 172 valence electrons. The van der Waals surface area contributed by atoms with Crippen molar-refractivity contribution in [1.29, 1.82) is 0 Å². The molecule has 1 aromatic heterocycles. The maximum Gasteiger partial charge on any atom is 0.325 e. The quantitative estimate of drug-likeness (QED) is 0.433. The van der Waals surface area contributed by atoms with Crippen LogP contribution in [0, 0.1) is 0 Å². The smallest absolute Gasteiger partial charge is 0.325 e. The Morgan fingerprint density at radius 2 is 1.73 bits per heavy atom. The number of nitrogens with one attached hydrogen (secondary N) is 2. The van der Waals surface area contributed by atoms with Crippen LogP contribution in [-0.2, 0) is 25.0 Å². The molecule has 0 saturated heterocycles. The van der Waals surface area contributed by atoms with Gasteiger partial charge in [-0.05, 0) is 41.8 Å². The van der Waals surface area contributed by atoms with Gasteiger partial charge in [0, 0.05) is 28.8 Å². The number of benzene rings is 2. The summed E-state index contributed by atoms with van der Waals surface area (Å²) in [5.74, 6) is -1.63. The van der Waals surface area contributed by atoms with Crippen LogP contribution >= 0.6 is 22.9 Å². The molecule has 1 aliphatic carbocycles. The minimum absolute atomic E-state index is 0.00136. The zero-order valence-corrected chi connectivity index (χ0v) is 19.9. The number of aliphatic carboxylic acids is 1. The summed E-state index contributed by atoms with van der Waals surface area (Å²) in [6.07, 6.45) is 0.00821. The summed E-state index contributed by atoms with van der Waals surface area (Å²) >= 11 is 6.96. The third kappa shape index (κ3) is 4.29. The molecule has 0 aliphatic heterocycles. The van der Waals surface area contributed by atoms with Crippen LogP contribution in [0.2, 0.25) is 5.02 Å². The molecule has 4 rings (SSSR count). The van der Waals surface area contributed by atoms with Crippen LogP contribution in [0.1, 0.15) is 18.9 Å². The first-order valence-corrected chi connectivity index (χ1v) is 12.7. The molecule has 0 spiro atoms. The highest BCUT2D eigenvalue weighted by Gasteiger charge is 2.74. The van der Waals surface area contributed by atoms with E-state index in [0.29, 0.717) is 15.5 Å². The zero-order valence-electron chi connectivity index (χ0n) is 17.5. The maximum absolute atomic E-state index is 13.3. The Balaban J connectivity index is 1.68.